The Morgan fingerprint density at radius 1 is 0.970 bits per heavy atom. The zero-order chi connectivity index (χ0) is 23.8. The Kier molecular flexibility index (Phi) is 8.80. The van der Waals surface area contributed by atoms with Crippen LogP contribution in [0.25, 0.3) is 11.1 Å². The zero-order valence-electron chi connectivity index (χ0n) is 19.3. The van der Waals surface area contributed by atoms with Gasteiger partial charge >= 0.3 is 0 Å². The molecule has 1 heterocycles. The van der Waals surface area contributed by atoms with E-state index in [1.54, 1.807) is 24.6 Å². The Morgan fingerprint density at radius 3 is 2.36 bits per heavy atom. The van der Waals surface area contributed by atoms with Gasteiger partial charge in [0, 0.05) is 33.1 Å². The third-order valence-electron chi connectivity index (χ3n) is 5.29. The fourth-order valence-electron chi connectivity index (χ4n) is 3.54. The van der Waals surface area contributed by atoms with Crippen molar-refractivity contribution in [2.75, 3.05) is 27.7 Å². The number of sulfonamides is 1. The van der Waals surface area contributed by atoms with Crippen molar-refractivity contribution in [1.82, 2.24) is 14.5 Å². The summed E-state index contributed by atoms with van der Waals surface area (Å²) in [5.41, 5.74) is 4.50. The molecule has 0 spiro atoms. The van der Waals surface area contributed by atoms with Crippen molar-refractivity contribution in [2.24, 2.45) is 0 Å². The molecule has 0 fully saturated rings. The number of nitrogens with zero attached hydrogens (tertiary/aromatic N) is 2. The molecule has 0 unspecified atom stereocenters. The average Bonchev–Trinajstić information content (AvgIpc) is 3.34. The summed E-state index contributed by atoms with van der Waals surface area (Å²) in [7, 11) is 2.17. The quantitative estimate of drug-likeness (QED) is 0.442. The SMILES string of the molecule is CN(C)Cc1ccc(-c2ccccc2CNC(=O)CCCN(C)S(=O)(=O)c2cccs2)cc1. The van der Waals surface area contributed by atoms with E-state index in [1.165, 1.54) is 21.2 Å². The molecule has 1 aromatic heterocycles. The zero-order valence-corrected chi connectivity index (χ0v) is 21.0. The van der Waals surface area contributed by atoms with Crippen molar-refractivity contribution in [1.29, 1.82) is 0 Å². The summed E-state index contributed by atoms with van der Waals surface area (Å²) in [6.45, 7) is 1.61. The number of thiophene rings is 1. The molecule has 0 aliphatic heterocycles. The van der Waals surface area contributed by atoms with Gasteiger partial charge in [-0.2, -0.15) is 0 Å². The second-order valence-electron chi connectivity index (χ2n) is 8.23. The van der Waals surface area contributed by atoms with E-state index < -0.39 is 10.0 Å². The molecule has 1 N–H and O–H groups in total. The van der Waals surface area contributed by atoms with Crippen LogP contribution in [0.15, 0.2) is 70.3 Å². The van der Waals surface area contributed by atoms with Crippen molar-refractivity contribution in [2.45, 2.75) is 30.1 Å². The molecule has 0 atom stereocenters. The van der Waals surface area contributed by atoms with Crippen LogP contribution in [0.2, 0.25) is 0 Å². The van der Waals surface area contributed by atoms with Gasteiger partial charge in [0.25, 0.3) is 10.0 Å². The highest BCUT2D eigenvalue weighted by Gasteiger charge is 2.21. The van der Waals surface area contributed by atoms with Gasteiger partial charge < -0.3 is 10.2 Å². The number of nitrogens with one attached hydrogen (secondary N) is 1. The molecule has 0 aliphatic rings. The lowest BCUT2D eigenvalue weighted by molar-refractivity contribution is -0.121. The van der Waals surface area contributed by atoms with Gasteiger partial charge in [-0.05, 0) is 54.2 Å². The molecule has 176 valence electrons. The number of hydrogen-bond acceptors (Lipinski definition) is 5. The minimum atomic E-state index is -3.48. The molecule has 0 bridgehead atoms. The van der Waals surface area contributed by atoms with Gasteiger partial charge in [0.2, 0.25) is 5.91 Å². The van der Waals surface area contributed by atoms with Crippen molar-refractivity contribution in [3.05, 3.63) is 77.2 Å². The first-order valence-corrected chi connectivity index (χ1v) is 13.2. The highest BCUT2D eigenvalue weighted by atomic mass is 32.2. The third-order valence-corrected chi connectivity index (χ3v) is 8.52. The van der Waals surface area contributed by atoms with E-state index in [0.29, 0.717) is 23.7 Å². The third kappa shape index (κ3) is 6.98. The normalized spacial score (nSPS) is 11.8. The molecule has 1 amide bonds. The van der Waals surface area contributed by atoms with Gasteiger partial charge in [-0.25, -0.2) is 12.7 Å². The van der Waals surface area contributed by atoms with Crippen molar-refractivity contribution < 1.29 is 13.2 Å². The topological polar surface area (TPSA) is 69.7 Å². The summed E-state index contributed by atoms with van der Waals surface area (Å²) >= 11 is 1.20. The van der Waals surface area contributed by atoms with Gasteiger partial charge in [0.05, 0.1) is 0 Å². The number of benzene rings is 2. The summed E-state index contributed by atoms with van der Waals surface area (Å²) in [4.78, 5) is 14.5. The maximum Gasteiger partial charge on any atom is 0.252 e. The molecule has 0 radical (unpaired) electrons. The monoisotopic (exact) mass is 485 g/mol. The second kappa shape index (κ2) is 11.6. The van der Waals surface area contributed by atoms with Crippen molar-refractivity contribution >= 4 is 27.3 Å². The minimum absolute atomic E-state index is 0.0898. The Balaban J connectivity index is 1.52. The summed E-state index contributed by atoms with van der Waals surface area (Å²) in [6.07, 6.45) is 0.730. The Hall–Kier alpha value is -2.52. The van der Waals surface area contributed by atoms with Gasteiger partial charge in [-0.1, -0.05) is 54.6 Å². The Labute approximate surface area is 200 Å². The molecule has 0 aliphatic carbocycles. The number of carbonyl (C=O) groups is 1. The molecule has 33 heavy (non-hydrogen) atoms. The summed E-state index contributed by atoms with van der Waals surface area (Å²) < 4.78 is 26.5. The molecule has 0 saturated heterocycles. The Bertz CT molecular complexity index is 1140. The highest BCUT2D eigenvalue weighted by molar-refractivity contribution is 7.91. The van der Waals surface area contributed by atoms with E-state index in [-0.39, 0.29) is 12.3 Å². The summed E-state index contributed by atoms with van der Waals surface area (Å²) in [5, 5.41) is 4.72. The van der Waals surface area contributed by atoms with E-state index in [0.717, 1.165) is 23.2 Å². The van der Waals surface area contributed by atoms with Crippen LogP contribution in [0.5, 0.6) is 0 Å². The van der Waals surface area contributed by atoms with Crippen LogP contribution in [0, 0.1) is 0 Å². The van der Waals surface area contributed by atoms with Crippen molar-refractivity contribution in [3.8, 4) is 11.1 Å². The molecule has 3 rings (SSSR count). The van der Waals surface area contributed by atoms with E-state index in [1.807, 2.05) is 32.3 Å². The van der Waals surface area contributed by atoms with Gasteiger partial charge in [0.1, 0.15) is 4.21 Å². The average molecular weight is 486 g/mol. The first-order chi connectivity index (χ1) is 15.8. The lowest BCUT2D eigenvalue weighted by Gasteiger charge is -2.16. The van der Waals surface area contributed by atoms with Gasteiger partial charge in [-0.3, -0.25) is 4.79 Å². The van der Waals surface area contributed by atoms with E-state index in [4.69, 9.17) is 0 Å². The summed E-state index contributed by atoms with van der Waals surface area (Å²) in [6, 6.07) is 19.8. The fourth-order valence-corrected chi connectivity index (χ4v) is 5.95. The molecule has 6 nitrogen and oxygen atoms in total. The lowest BCUT2D eigenvalue weighted by atomic mass is 9.98. The maximum absolute atomic E-state index is 12.5. The molecular formula is C25H31N3O3S2. The van der Waals surface area contributed by atoms with Gasteiger partial charge in [0.15, 0.2) is 0 Å². The van der Waals surface area contributed by atoms with Crippen LogP contribution in [0.3, 0.4) is 0 Å². The van der Waals surface area contributed by atoms with E-state index in [9.17, 15) is 13.2 Å². The molecule has 2 aromatic carbocycles. The molecule has 0 saturated carbocycles. The minimum Gasteiger partial charge on any atom is -0.352 e. The van der Waals surface area contributed by atoms with Crippen LogP contribution in [-0.4, -0.2) is 51.2 Å². The smallest absolute Gasteiger partial charge is 0.252 e. The molecular weight excluding hydrogens is 454 g/mol. The van der Waals surface area contributed by atoms with Crippen LogP contribution in [0.4, 0.5) is 0 Å². The second-order valence-corrected chi connectivity index (χ2v) is 11.5. The lowest BCUT2D eigenvalue weighted by Crippen LogP contribution is -2.29. The van der Waals surface area contributed by atoms with Crippen molar-refractivity contribution in [3.63, 3.8) is 0 Å². The first kappa shape index (κ1) is 25.1. The van der Waals surface area contributed by atoms with E-state index >= 15 is 0 Å². The Morgan fingerprint density at radius 2 is 1.70 bits per heavy atom. The van der Waals surface area contributed by atoms with Crippen LogP contribution >= 0.6 is 11.3 Å². The predicted octanol–water partition coefficient (Wildman–Crippen LogP) is 4.19. The number of carbonyl (C=O) groups excluding carboxylic acids is 1. The fraction of sp³-hybridized carbons (Fsp3) is 0.320. The number of amides is 1. The number of rotatable bonds is 11. The van der Waals surface area contributed by atoms with Crippen LogP contribution in [0.1, 0.15) is 24.0 Å². The first-order valence-electron chi connectivity index (χ1n) is 10.9. The predicted molar refractivity (Wildman–Crippen MR) is 134 cm³/mol. The molecule has 3 aromatic rings. The largest absolute Gasteiger partial charge is 0.352 e. The highest BCUT2D eigenvalue weighted by Crippen LogP contribution is 2.24. The van der Waals surface area contributed by atoms with E-state index in [2.05, 4.69) is 40.5 Å². The van der Waals surface area contributed by atoms with Gasteiger partial charge in [-0.15, -0.1) is 11.3 Å². The molecule has 8 heteroatoms. The van der Waals surface area contributed by atoms with Crippen LogP contribution < -0.4 is 5.32 Å². The summed E-state index contributed by atoms with van der Waals surface area (Å²) in [5.74, 6) is -0.0898. The standard InChI is InChI=1S/C25H31N3O3S2/c1-27(2)19-20-12-14-21(15-13-20)23-9-5-4-8-22(23)18-26-24(29)10-6-16-28(3)33(30,31)25-11-7-17-32-25/h4-5,7-9,11-15,17H,6,10,16,18-19H2,1-3H3,(H,26,29). The number of hydrogen-bond donors (Lipinski definition) is 1. The van der Waals surface area contributed by atoms with Crippen LogP contribution in [-0.2, 0) is 27.9 Å². The maximum atomic E-state index is 12.5.